The van der Waals surface area contributed by atoms with Crippen LogP contribution in [-0.2, 0) is 4.79 Å². The van der Waals surface area contributed by atoms with Crippen molar-refractivity contribution in [3.8, 4) is 0 Å². The van der Waals surface area contributed by atoms with Gasteiger partial charge in [-0.15, -0.1) is 0 Å². The Morgan fingerprint density at radius 3 is 2.32 bits per heavy atom. The lowest BCUT2D eigenvalue weighted by Gasteiger charge is -2.09. The van der Waals surface area contributed by atoms with Crippen molar-refractivity contribution in [2.24, 2.45) is 0 Å². The van der Waals surface area contributed by atoms with Gasteiger partial charge < -0.3 is 10.4 Å². The van der Waals surface area contributed by atoms with E-state index in [-0.39, 0.29) is 11.7 Å². The van der Waals surface area contributed by atoms with Crippen LogP contribution in [0.3, 0.4) is 0 Å². The summed E-state index contributed by atoms with van der Waals surface area (Å²) in [6, 6.07) is 0. The average molecular weight is 259 g/mol. The van der Waals surface area contributed by atoms with Crippen molar-refractivity contribution in [1.29, 1.82) is 0 Å². The molecule has 0 rings (SSSR count). The van der Waals surface area contributed by atoms with E-state index in [2.05, 4.69) is 11.9 Å². The smallest absolute Gasteiger partial charge is 0.255 e. The zero-order valence-electron chi connectivity index (χ0n) is 11.7. The second-order valence-electron chi connectivity index (χ2n) is 3.59. The van der Waals surface area contributed by atoms with E-state index in [4.69, 9.17) is 0 Å². The van der Waals surface area contributed by atoms with Gasteiger partial charge in [0.1, 0.15) is 5.76 Å². The molecule has 0 aliphatic carbocycles. The molecule has 0 aromatic heterocycles. The maximum atomic E-state index is 12.0. The van der Waals surface area contributed by atoms with Gasteiger partial charge in [0.2, 0.25) is 0 Å². The van der Waals surface area contributed by atoms with E-state index in [9.17, 15) is 9.90 Å². The first-order valence-corrected chi connectivity index (χ1v) is 6.06. The SMILES string of the molecule is C=C/C=C(\C=C/C)C(=O)NC(=C/C=C\C)/C(O)=C\C. The summed E-state index contributed by atoms with van der Waals surface area (Å²) in [6.45, 7) is 8.94. The quantitative estimate of drug-likeness (QED) is 0.434. The first kappa shape index (κ1) is 16.7. The van der Waals surface area contributed by atoms with Crippen LogP contribution in [0.5, 0.6) is 0 Å². The summed E-state index contributed by atoms with van der Waals surface area (Å²) in [5.41, 5.74) is 0.817. The predicted molar refractivity (Wildman–Crippen MR) is 80.5 cm³/mol. The number of hydrogen-bond donors (Lipinski definition) is 2. The summed E-state index contributed by atoms with van der Waals surface area (Å²) in [6.07, 6.45) is 13.3. The highest BCUT2D eigenvalue weighted by Gasteiger charge is 2.09. The molecule has 2 N–H and O–H groups in total. The molecule has 0 spiro atoms. The summed E-state index contributed by atoms with van der Waals surface area (Å²) in [5.74, 6) is -0.285. The first-order valence-electron chi connectivity index (χ1n) is 6.06. The van der Waals surface area contributed by atoms with Gasteiger partial charge >= 0.3 is 0 Å². The molecule has 0 saturated heterocycles. The fourth-order valence-electron chi connectivity index (χ4n) is 1.25. The van der Waals surface area contributed by atoms with Crippen LogP contribution in [0.15, 0.2) is 72.2 Å². The summed E-state index contributed by atoms with van der Waals surface area (Å²) in [7, 11) is 0. The van der Waals surface area contributed by atoms with Crippen molar-refractivity contribution in [2.45, 2.75) is 20.8 Å². The van der Waals surface area contributed by atoms with Crippen LogP contribution in [0.4, 0.5) is 0 Å². The minimum absolute atomic E-state index is 0.0184. The van der Waals surface area contributed by atoms with Crippen LogP contribution < -0.4 is 5.32 Å². The van der Waals surface area contributed by atoms with Crippen molar-refractivity contribution in [3.05, 3.63) is 72.2 Å². The monoisotopic (exact) mass is 259 g/mol. The molecule has 1 amide bonds. The summed E-state index contributed by atoms with van der Waals surface area (Å²) < 4.78 is 0. The van der Waals surface area contributed by atoms with Crippen LogP contribution in [0.25, 0.3) is 0 Å². The Hall–Kier alpha value is -2.29. The van der Waals surface area contributed by atoms with Crippen LogP contribution in [0, 0.1) is 0 Å². The number of amides is 1. The molecule has 0 radical (unpaired) electrons. The second kappa shape index (κ2) is 9.71. The Bertz CT molecular complexity index is 463. The van der Waals surface area contributed by atoms with Crippen LogP contribution in [0.1, 0.15) is 20.8 Å². The number of hydrogen-bond acceptors (Lipinski definition) is 2. The van der Waals surface area contributed by atoms with Gasteiger partial charge in [0, 0.05) is 5.57 Å². The Morgan fingerprint density at radius 2 is 1.84 bits per heavy atom. The topological polar surface area (TPSA) is 49.3 Å². The standard InChI is InChI=1S/C16H21NO2/c1-5-9-12-14(15(18)8-4)17-16(19)13(10-6-2)11-7-3/h5-12,18H,2H2,1,3-4H3,(H,17,19)/b9-5-,11-7-,13-10+,14-12+,15-8+. The summed E-state index contributed by atoms with van der Waals surface area (Å²) >= 11 is 0. The average Bonchev–Trinajstić information content (AvgIpc) is 2.42. The highest BCUT2D eigenvalue weighted by Crippen LogP contribution is 2.06. The molecule has 3 heteroatoms. The highest BCUT2D eigenvalue weighted by atomic mass is 16.3. The predicted octanol–water partition coefficient (Wildman–Crippen LogP) is 3.71. The molecule has 0 heterocycles. The third kappa shape index (κ3) is 6.27. The molecule has 0 aromatic rings. The zero-order chi connectivity index (χ0) is 14.7. The molecule has 0 bridgehead atoms. The molecule has 0 aromatic carbocycles. The van der Waals surface area contributed by atoms with Gasteiger partial charge in [-0.3, -0.25) is 4.79 Å². The fraction of sp³-hybridized carbons (Fsp3) is 0.188. The molecule has 0 fully saturated rings. The van der Waals surface area contributed by atoms with Crippen LogP contribution in [0.2, 0.25) is 0 Å². The van der Waals surface area contributed by atoms with E-state index < -0.39 is 0 Å². The van der Waals surface area contributed by atoms with Gasteiger partial charge in [-0.1, -0.05) is 43.0 Å². The van der Waals surface area contributed by atoms with E-state index in [0.29, 0.717) is 11.3 Å². The molecule has 0 aliphatic heterocycles. The van der Waals surface area contributed by atoms with Crippen molar-refractivity contribution in [2.75, 3.05) is 0 Å². The lowest BCUT2D eigenvalue weighted by molar-refractivity contribution is -0.116. The lowest BCUT2D eigenvalue weighted by atomic mass is 10.2. The number of aliphatic hydroxyl groups excluding tert-OH is 1. The van der Waals surface area contributed by atoms with Gasteiger partial charge in [0.15, 0.2) is 0 Å². The number of rotatable bonds is 6. The molecule has 0 aliphatic rings. The zero-order valence-corrected chi connectivity index (χ0v) is 11.7. The van der Waals surface area contributed by atoms with Crippen molar-refractivity contribution >= 4 is 5.91 Å². The van der Waals surface area contributed by atoms with E-state index in [1.165, 1.54) is 6.08 Å². The second-order valence-corrected chi connectivity index (χ2v) is 3.59. The molecule has 0 unspecified atom stereocenters. The van der Waals surface area contributed by atoms with Gasteiger partial charge in [0.05, 0.1) is 5.70 Å². The molecule has 102 valence electrons. The minimum atomic E-state index is -0.304. The number of allylic oxidation sites excluding steroid dienone is 7. The third-order valence-corrected chi connectivity index (χ3v) is 2.16. The Morgan fingerprint density at radius 1 is 1.16 bits per heavy atom. The van der Waals surface area contributed by atoms with E-state index >= 15 is 0 Å². The van der Waals surface area contributed by atoms with Crippen molar-refractivity contribution < 1.29 is 9.90 Å². The molecule has 19 heavy (non-hydrogen) atoms. The first-order chi connectivity index (χ1) is 9.10. The summed E-state index contributed by atoms with van der Waals surface area (Å²) in [5, 5.41) is 12.4. The molecule has 0 atom stereocenters. The van der Waals surface area contributed by atoms with E-state index in [0.717, 1.165) is 0 Å². The Balaban J connectivity index is 5.20. The van der Waals surface area contributed by atoms with E-state index in [1.54, 1.807) is 43.4 Å². The number of carbonyl (C=O) groups excluding carboxylic acids is 1. The molecular weight excluding hydrogens is 238 g/mol. The highest BCUT2D eigenvalue weighted by molar-refractivity contribution is 5.97. The molecule has 0 saturated carbocycles. The normalized spacial score (nSPS) is 14.2. The third-order valence-electron chi connectivity index (χ3n) is 2.16. The summed E-state index contributed by atoms with van der Waals surface area (Å²) in [4.78, 5) is 12.0. The van der Waals surface area contributed by atoms with Gasteiger partial charge in [0.25, 0.3) is 5.91 Å². The minimum Gasteiger partial charge on any atom is -0.506 e. The number of aliphatic hydroxyl groups is 1. The van der Waals surface area contributed by atoms with Gasteiger partial charge in [-0.25, -0.2) is 0 Å². The van der Waals surface area contributed by atoms with E-state index in [1.807, 2.05) is 19.9 Å². The number of nitrogens with one attached hydrogen (secondary N) is 1. The van der Waals surface area contributed by atoms with Gasteiger partial charge in [-0.2, -0.15) is 0 Å². The Kier molecular flexibility index (Phi) is 8.54. The maximum Gasteiger partial charge on any atom is 0.255 e. The Labute approximate surface area is 115 Å². The maximum absolute atomic E-state index is 12.0. The lowest BCUT2D eigenvalue weighted by Crippen LogP contribution is -2.24. The van der Waals surface area contributed by atoms with Crippen molar-refractivity contribution in [1.82, 2.24) is 5.32 Å². The largest absolute Gasteiger partial charge is 0.506 e. The van der Waals surface area contributed by atoms with Crippen LogP contribution >= 0.6 is 0 Å². The van der Waals surface area contributed by atoms with Crippen molar-refractivity contribution in [3.63, 3.8) is 0 Å². The number of carbonyl (C=O) groups is 1. The fourth-order valence-corrected chi connectivity index (χ4v) is 1.25. The molecular formula is C16H21NO2. The van der Waals surface area contributed by atoms with Crippen LogP contribution in [-0.4, -0.2) is 11.0 Å². The van der Waals surface area contributed by atoms with Gasteiger partial charge in [-0.05, 0) is 32.9 Å². The molecule has 3 nitrogen and oxygen atoms in total.